The summed E-state index contributed by atoms with van der Waals surface area (Å²) in [4.78, 5) is 0. The number of hydrogen-bond acceptors (Lipinski definition) is 2. The van der Waals surface area contributed by atoms with Crippen molar-refractivity contribution in [1.29, 1.82) is 0 Å². The molecule has 0 aromatic rings. The molecule has 0 spiro atoms. The molecule has 0 radical (unpaired) electrons. The molecule has 0 aromatic carbocycles. The van der Waals surface area contributed by atoms with E-state index >= 15 is 0 Å². The van der Waals surface area contributed by atoms with Gasteiger partial charge in [0.2, 0.25) is 0 Å². The van der Waals surface area contributed by atoms with Crippen molar-refractivity contribution in [3.63, 3.8) is 0 Å². The highest BCUT2D eigenvalue weighted by atomic mass is 19.3. The summed E-state index contributed by atoms with van der Waals surface area (Å²) in [6.45, 7) is 4.00. The first-order valence-electron chi connectivity index (χ1n) is 4.34. The quantitative estimate of drug-likeness (QED) is 0.584. The van der Waals surface area contributed by atoms with Crippen LogP contribution in [0.1, 0.15) is 26.7 Å². The average molecular weight is 190 g/mol. The van der Waals surface area contributed by atoms with Crippen LogP contribution >= 0.6 is 0 Å². The smallest absolute Gasteiger partial charge is 0.396 e. The third kappa shape index (κ3) is 2.20. The Morgan fingerprint density at radius 3 is 1.85 bits per heavy atom. The van der Waals surface area contributed by atoms with E-state index in [0.29, 0.717) is 0 Å². The standard InChI is InChI=1S/C7H6F2O2.C2H6/c8-7(9)10-5-3-1-2-4-6(5)11-7;1-2/h3-4H,1-2H2;1-2H3. The molecule has 2 nitrogen and oxygen atoms in total. The van der Waals surface area contributed by atoms with Crippen LogP contribution in [0.5, 0.6) is 0 Å². The lowest BCUT2D eigenvalue weighted by Gasteiger charge is -2.02. The summed E-state index contributed by atoms with van der Waals surface area (Å²) >= 11 is 0. The van der Waals surface area contributed by atoms with Crippen molar-refractivity contribution in [3.8, 4) is 0 Å². The second-order valence-electron chi connectivity index (χ2n) is 2.38. The number of fused-ring (bicyclic) bond motifs is 1. The van der Waals surface area contributed by atoms with E-state index in [4.69, 9.17) is 0 Å². The Labute approximate surface area is 75.8 Å². The zero-order valence-corrected chi connectivity index (χ0v) is 7.64. The predicted molar refractivity (Wildman–Crippen MR) is 43.9 cm³/mol. The molecule has 0 saturated carbocycles. The van der Waals surface area contributed by atoms with Gasteiger partial charge in [0, 0.05) is 0 Å². The summed E-state index contributed by atoms with van der Waals surface area (Å²) in [7, 11) is 0. The van der Waals surface area contributed by atoms with Gasteiger partial charge in [-0.1, -0.05) is 13.8 Å². The van der Waals surface area contributed by atoms with Crippen molar-refractivity contribution in [2.24, 2.45) is 0 Å². The van der Waals surface area contributed by atoms with Crippen molar-refractivity contribution >= 4 is 0 Å². The Morgan fingerprint density at radius 2 is 1.46 bits per heavy atom. The Bertz CT molecular complexity index is 220. The summed E-state index contributed by atoms with van der Waals surface area (Å²) < 4.78 is 33.0. The first-order chi connectivity index (χ1) is 6.17. The van der Waals surface area contributed by atoms with Crippen LogP contribution in [-0.2, 0) is 9.47 Å². The van der Waals surface area contributed by atoms with Crippen LogP contribution in [0.25, 0.3) is 0 Å². The van der Waals surface area contributed by atoms with Crippen LogP contribution in [0.3, 0.4) is 0 Å². The minimum absolute atomic E-state index is 0.168. The Balaban J connectivity index is 0.000000396. The summed E-state index contributed by atoms with van der Waals surface area (Å²) in [6, 6.07) is 0. The molecule has 2 rings (SSSR count). The first-order valence-corrected chi connectivity index (χ1v) is 4.34. The predicted octanol–water partition coefficient (Wildman–Crippen LogP) is 3.17. The van der Waals surface area contributed by atoms with E-state index in [9.17, 15) is 8.78 Å². The van der Waals surface area contributed by atoms with Crippen LogP contribution in [0.15, 0.2) is 23.7 Å². The molecule has 0 aromatic heterocycles. The maximum absolute atomic E-state index is 12.3. The van der Waals surface area contributed by atoms with Crippen molar-refractivity contribution in [3.05, 3.63) is 23.7 Å². The van der Waals surface area contributed by atoms with E-state index in [2.05, 4.69) is 9.47 Å². The Morgan fingerprint density at radius 1 is 1.08 bits per heavy atom. The fourth-order valence-electron chi connectivity index (χ4n) is 1.09. The molecule has 0 unspecified atom stereocenters. The van der Waals surface area contributed by atoms with Gasteiger partial charge in [0.1, 0.15) is 0 Å². The number of rotatable bonds is 0. The van der Waals surface area contributed by atoms with Crippen LogP contribution in [0, 0.1) is 0 Å². The van der Waals surface area contributed by atoms with Gasteiger partial charge in [0.25, 0.3) is 0 Å². The molecule has 74 valence electrons. The zero-order valence-electron chi connectivity index (χ0n) is 7.64. The molecule has 13 heavy (non-hydrogen) atoms. The van der Waals surface area contributed by atoms with E-state index in [1.807, 2.05) is 13.8 Å². The second-order valence-corrected chi connectivity index (χ2v) is 2.38. The maximum atomic E-state index is 12.3. The Kier molecular flexibility index (Phi) is 2.90. The molecule has 0 atom stereocenters. The van der Waals surface area contributed by atoms with Gasteiger partial charge in [-0.2, -0.15) is 0 Å². The van der Waals surface area contributed by atoms with E-state index in [1.54, 1.807) is 12.2 Å². The normalized spacial score (nSPS) is 22.5. The number of allylic oxidation sites excluding steroid dienone is 2. The third-order valence-electron chi connectivity index (χ3n) is 1.53. The number of halogens is 2. The highest BCUT2D eigenvalue weighted by Gasteiger charge is 2.45. The molecular weight excluding hydrogens is 178 g/mol. The minimum Gasteiger partial charge on any atom is -0.396 e. The van der Waals surface area contributed by atoms with Crippen LogP contribution in [-0.4, -0.2) is 6.29 Å². The molecule has 4 heteroatoms. The van der Waals surface area contributed by atoms with Crippen LogP contribution in [0.4, 0.5) is 8.78 Å². The zero-order chi connectivity index (χ0) is 9.90. The van der Waals surface area contributed by atoms with Crippen molar-refractivity contribution in [1.82, 2.24) is 0 Å². The SMILES string of the molecule is CC.FC1(F)OC2=CCCC=C2O1. The number of ether oxygens (including phenoxy) is 2. The topological polar surface area (TPSA) is 18.5 Å². The lowest BCUT2D eigenvalue weighted by atomic mass is 10.1. The lowest BCUT2D eigenvalue weighted by molar-refractivity contribution is -0.326. The number of alkyl halides is 2. The fourth-order valence-corrected chi connectivity index (χ4v) is 1.09. The Hall–Kier alpha value is -1.06. The van der Waals surface area contributed by atoms with Crippen LogP contribution < -0.4 is 0 Å². The van der Waals surface area contributed by atoms with Gasteiger partial charge in [-0.05, 0) is 25.0 Å². The molecule has 0 bridgehead atoms. The van der Waals surface area contributed by atoms with Gasteiger partial charge in [0.05, 0.1) is 0 Å². The molecule has 2 aliphatic rings. The van der Waals surface area contributed by atoms with Gasteiger partial charge in [-0.3, -0.25) is 0 Å². The van der Waals surface area contributed by atoms with Gasteiger partial charge < -0.3 is 9.47 Å². The molecule has 1 saturated heterocycles. The largest absolute Gasteiger partial charge is 0.586 e. The van der Waals surface area contributed by atoms with Gasteiger partial charge in [-0.15, -0.1) is 8.78 Å². The summed E-state index contributed by atoms with van der Waals surface area (Å²) in [5, 5.41) is 0. The third-order valence-corrected chi connectivity index (χ3v) is 1.53. The van der Waals surface area contributed by atoms with E-state index < -0.39 is 6.29 Å². The fraction of sp³-hybridized carbons (Fsp3) is 0.556. The molecular formula is C9H12F2O2. The van der Waals surface area contributed by atoms with E-state index in [-0.39, 0.29) is 11.5 Å². The molecule has 0 amide bonds. The minimum atomic E-state index is -3.46. The van der Waals surface area contributed by atoms with Crippen molar-refractivity contribution in [2.45, 2.75) is 33.0 Å². The molecule has 0 N–H and O–H groups in total. The summed E-state index contributed by atoms with van der Waals surface area (Å²) in [5.74, 6) is 0.336. The maximum Gasteiger partial charge on any atom is 0.586 e. The van der Waals surface area contributed by atoms with Gasteiger partial charge >= 0.3 is 6.29 Å². The molecule has 1 aliphatic carbocycles. The monoisotopic (exact) mass is 190 g/mol. The average Bonchev–Trinajstić information content (AvgIpc) is 2.41. The lowest BCUT2D eigenvalue weighted by Crippen LogP contribution is -2.14. The van der Waals surface area contributed by atoms with Crippen molar-refractivity contribution in [2.75, 3.05) is 0 Å². The van der Waals surface area contributed by atoms with Crippen molar-refractivity contribution < 1.29 is 18.3 Å². The molecule has 1 aliphatic heterocycles. The van der Waals surface area contributed by atoms with E-state index in [1.165, 1.54) is 0 Å². The van der Waals surface area contributed by atoms with Crippen LogP contribution in [0.2, 0.25) is 0 Å². The second kappa shape index (κ2) is 3.77. The van der Waals surface area contributed by atoms with Gasteiger partial charge in [-0.25, -0.2) is 0 Å². The van der Waals surface area contributed by atoms with E-state index in [0.717, 1.165) is 12.8 Å². The molecule has 1 heterocycles. The summed E-state index contributed by atoms with van der Waals surface area (Å²) in [5.41, 5.74) is 0. The van der Waals surface area contributed by atoms with Gasteiger partial charge in [0.15, 0.2) is 11.5 Å². The first kappa shape index (κ1) is 10.0. The molecule has 1 fully saturated rings. The highest BCUT2D eigenvalue weighted by Crippen LogP contribution is 2.38. The highest BCUT2D eigenvalue weighted by molar-refractivity contribution is 5.26. The summed E-state index contributed by atoms with van der Waals surface area (Å²) in [6.07, 6.45) is 1.23. The number of hydrogen-bond donors (Lipinski definition) is 0.